The molecule has 0 saturated heterocycles. The van der Waals surface area contributed by atoms with Crippen molar-refractivity contribution in [3.05, 3.63) is 71.5 Å². The molecule has 176 valence electrons. The van der Waals surface area contributed by atoms with Gasteiger partial charge in [0.15, 0.2) is 6.61 Å². The summed E-state index contributed by atoms with van der Waals surface area (Å²) in [5, 5.41) is 19.8. The Hall–Kier alpha value is -4.25. The van der Waals surface area contributed by atoms with E-state index in [1.165, 1.54) is 17.9 Å². The summed E-state index contributed by atoms with van der Waals surface area (Å²) >= 11 is 0. The van der Waals surface area contributed by atoms with E-state index in [0.717, 1.165) is 27.3 Å². The second-order valence-electron chi connectivity index (χ2n) is 7.64. The summed E-state index contributed by atoms with van der Waals surface area (Å²) in [7, 11) is 1.31. The zero-order chi connectivity index (χ0) is 24.1. The number of benzene rings is 2. The zero-order valence-electron chi connectivity index (χ0n) is 18.4. The van der Waals surface area contributed by atoms with Crippen LogP contribution >= 0.6 is 0 Å². The molecule has 11 nitrogen and oxygen atoms in total. The van der Waals surface area contributed by atoms with Gasteiger partial charge in [0.1, 0.15) is 18.8 Å². The number of amides is 2. The molecule has 1 aliphatic rings. The third-order valence-electron chi connectivity index (χ3n) is 5.37. The van der Waals surface area contributed by atoms with E-state index in [-0.39, 0.29) is 25.6 Å². The van der Waals surface area contributed by atoms with Crippen LogP contribution in [-0.2, 0) is 32.3 Å². The third kappa shape index (κ3) is 5.21. The zero-order valence-corrected chi connectivity index (χ0v) is 18.4. The van der Waals surface area contributed by atoms with E-state index in [1.807, 2.05) is 36.4 Å². The number of ether oxygens (including phenoxy) is 1. The van der Waals surface area contributed by atoms with Crippen molar-refractivity contribution in [3.8, 4) is 11.1 Å². The van der Waals surface area contributed by atoms with E-state index >= 15 is 0 Å². The van der Waals surface area contributed by atoms with Gasteiger partial charge in [0.2, 0.25) is 0 Å². The van der Waals surface area contributed by atoms with Gasteiger partial charge >= 0.3 is 12.1 Å². The summed E-state index contributed by atoms with van der Waals surface area (Å²) in [4.78, 5) is 39.6. The van der Waals surface area contributed by atoms with Crippen LogP contribution in [0, 0.1) is 0 Å². The number of nitrogens with zero attached hydrogens (tertiary/aromatic N) is 4. The molecule has 0 aliphatic heterocycles. The van der Waals surface area contributed by atoms with E-state index in [0.29, 0.717) is 5.69 Å². The van der Waals surface area contributed by atoms with Crippen LogP contribution in [0.4, 0.5) is 4.79 Å². The Bertz CT molecular complexity index is 1160. The summed E-state index contributed by atoms with van der Waals surface area (Å²) in [6.45, 7) is -0.567. The topological polar surface area (TPSA) is 136 Å². The average Bonchev–Trinajstić information content (AvgIpc) is 3.42. The van der Waals surface area contributed by atoms with Crippen molar-refractivity contribution in [1.29, 1.82) is 0 Å². The number of hydrogen-bond acceptors (Lipinski definition) is 7. The highest BCUT2D eigenvalue weighted by molar-refractivity contribution is 5.79. The van der Waals surface area contributed by atoms with Gasteiger partial charge in [-0.2, -0.15) is 0 Å². The van der Waals surface area contributed by atoms with Gasteiger partial charge in [0.05, 0.1) is 12.7 Å². The number of aliphatic carboxylic acids is 1. The Morgan fingerprint density at radius 1 is 1.09 bits per heavy atom. The predicted octanol–water partition coefficient (Wildman–Crippen LogP) is 1.79. The number of rotatable bonds is 9. The molecule has 0 spiro atoms. The van der Waals surface area contributed by atoms with Gasteiger partial charge in [-0.3, -0.25) is 9.63 Å². The van der Waals surface area contributed by atoms with E-state index in [9.17, 15) is 14.4 Å². The second kappa shape index (κ2) is 10.1. The minimum atomic E-state index is -1.19. The molecule has 11 heteroatoms. The summed E-state index contributed by atoms with van der Waals surface area (Å²) in [6.07, 6.45) is 0.904. The molecule has 0 atom stereocenters. The lowest BCUT2D eigenvalue weighted by molar-refractivity contribution is -0.186. The fourth-order valence-electron chi connectivity index (χ4n) is 3.77. The number of likely N-dealkylation sites (N-methyl/N-ethyl adjacent to an activating group) is 1. The fraction of sp³-hybridized carbons (Fsp3) is 0.261. The first-order valence-electron chi connectivity index (χ1n) is 10.5. The van der Waals surface area contributed by atoms with Gasteiger partial charge in [-0.1, -0.05) is 53.7 Å². The van der Waals surface area contributed by atoms with E-state index < -0.39 is 24.6 Å². The van der Waals surface area contributed by atoms with Gasteiger partial charge in [-0.25, -0.2) is 19.3 Å². The lowest BCUT2D eigenvalue weighted by Gasteiger charge is -2.15. The number of carboxylic acid groups (broad SMARTS) is 1. The van der Waals surface area contributed by atoms with E-state index in [4.69, 9.17) is 14.7 Å². The largest absolute Gasteiger partial charge is 0.479 e. The Morgan fingerprint density at radius 2 is 1.74 bits per heavy atom. The van der Waals surface area contributed by atoms with Crippen LogP contribution in [0.5, 0.6) is 0 Å². The molecule has 34 heavy (non-hydrogen) atoms. The quantitative estimate of drug-likeness (QED) is 0.457. The lowest BCUT2D eigenvalue weighted by Crippen LogP contribution is -2.32. The number of carboxylic acids is 1. The van der Waals surface area contributed by atoms with Crippen LogP contribution in [0.1, 0.15) is 22.7 Å². The van der Waals surface area contributed by atoms with Crippen molar-refractivity contribution < 1.29 is 29.1 Å². The molecule has 2 aromatic carbocycles. The van der Waals surface area contributed by atoms with Crippen molar-refractivity contribution in [1.82, 2.24) is 25.4 Å². The van der Waals surface area contributed by atoms with Crippen molar-refractivity contribution in [2.24, 2.45) is 0 Å². The molecule has 2 amide bonds. The van der Waals surface area contributed by atoms with Crippen LogP contribution < -0.4 is 5.32 Å². The number of fused-ring (bicyclic) bond motifs is 3. The highest BCUT2D eigenvalue weighted by atomic mass is 16.7. The minimum absolute atomic E-state index is 0.0367. The molecule has 4 rings (SSSR count). The molecule has 0 saturated carbocycles. The van der Waals surface area contributed by atoms with Crippen molar-refractivity contribution >= 4 is 18.0 Å². The Balaban J connectivity index is 1.27. The van der Waals surface area contributed by atoms with E-state index in [1.54, 1.807) is 0 Å². The monoisotopic (exact) mass is 465 g/mol. The Labute approximate surface area is 194 Å². The Morgan fingerprint density at radius 3 is 2.38 bits per heavy atom. The molecular weight excluding hydrogens is 442 g/mol. The first-order valence-corrected chi connectivity index (χ1v) is 10.5. The maximum absolute atomic E-state index is 12.3. The van der Waals surface area contributed by atoms with Crippen LogP contribution in [0.2, 0.25) is 0 Å². The molecular formula is C23H23N5O6. The molecule has 1 heterocycles. The number of carbonyl (C=O) groups excluding carboxylic acids is 2. The van der Waals surface area contributed by atoms with Crippen molar-refractivity contribution in [2.45, 2.75) is 19.0 Å². The van der Waals surface area contributed by atoms with Crippen LogP contribution in [0.15, 0.2) is 54.7 Å². The summed E-state index contributed by atoms with van der Waals surface area (Å²) in [5.41, 5.74) is 4.98. The van der Waals surface area contributed by atoms with Crippen LogP contribution in [-0.4, -0.2) is 63.4 Å². The molecule has 1 aromatic heterocycles. The molecule has 0 bridgehead atoms. The van der Waals surface area contributed by atoms with Gasteiger partial charge in [0.25, 0.3) is 5.91 Å². The summed E-state index contributed by atoms with van der Waals surface area (Å²) in [6, 6.07) is 16.2. The number of alkyl carbamates (subject to hydrolysis) is 1. The highest BCUT2D eigenvalue weighted by Crippen LogP contribution is 2.44. The van der Waals surface area contributed by atoms with Gasteiger partial charge in [-0.15, -0.1) is 5.10 Å². The highest BCUT2D eigenvalue weighted by Gasteiger charge is 2.29. The first kappa shape index (κ1) is 22.9. The number of carbonyl (C=O) groups is 3. The van der Waals surface area contributed by atoms with Crippen molar-refractivity contribution in [3.63, 3.8) is 0 Å². The number of aromatic nitrogens is 3. The number of nitrogens with one attached hydrogen (secondary N) is 1. The molecule has 0 unspecified atom stereocenters. The molecule has 3 aromatic rings. The van der Waals surface area contributed by atoms with Crippen LogP contribution in [0.25, 0.3) is 11.1 Å². The van der Waals surface area contributed by atoms with Gasteiger partial charge in [0, 0.05) is 13.0 Å². The molecule has 0 radical (unpaired) electrons. The fourth-order valence-corrected chi connectivity index (χ4v) is 3.77. The molecule has 2 N–H and O–H groups in total. The normalized spacial score (nSPS) is 12.0. The van der Waals surface area contributed by atoms with E-state index in [2.05, 4.69) is 27.8 Å². The van der Waals surface area contributed by atoms with Gasteiger partial charge < -0.3 is 15.2 Å². The standard InChI is InChI=1S/C23H23N5O6/c1-27(34-14-22(30)31)21(29)12-28-11-15(25-26-28)10-24-23(32)33-13-20-18-8-4-2-6-16(18)17-7-3-5-9-19(17)20/h2-9,11,20H,10,12-14H2,1H3,(H,24,32)(H,30,31). The summed E-state index contributed by atoms with van der Waals surface area (Å²) in [5.74, 6) is -1.74. The number of hydroxylamine groups is 2. The number of hydrogen-bond donors (Lipinski definition) is 2. The van der Waals surface area contributed by atoms with Gasteiger partial charge in [-0.05, 0) is 22.3 Å². The van der Waals surface area contributed by atoms with Crippen molar-refractivity contribution in [2.75, 3.05) is 20.3 Å². The Kier molecular flexibility index (Phi) is 6.83. The maximum Gasteiger partial charge on any atom is 0.407 e. The molecule has 0 fully saturated rings. The predicted molar refractivity (Wildman–Crippen MR) is 118 cm³/mol. The third-order valence-corrected chi connectivity index (χ3v) is 5.37. The average molecular weight is 465 g/mol. The minimum Gasteiger partial charge on any atom is -0.479 e. The first-order chi connectivity index (χ1) is 16.4. The summed E-state index contributed by atoms with van der Waals surface area (Å²) < 4.78 is 6.74. The SMILES string of the molecule is CN(OCC(=O)O)C(=O)Cn1cc(CNC(=O)OCC2c3ccccc3-c3ccccc32)nn1. The smallest absolute Gasteiger partial charge is 0.407 e. The maximum atomic E-state index is 12.3. The lowest BCUT2D eigenvalue weighted by atomic mass is 9.98. The van der Waals surface area contributed by atoms with Crippen LogP contribution in [0.3, 0.4) is 0 Å². The molecule has 1 aliphatic carbocycles. The second-order valence-corrected chi connectivity index (χ2v) is 7.64.